The molecule has 10 nitrogen and oxygen atoms in total. The van der Waals surface area contributed by atoms with Crippen molar-refractivity contribution in [1.82, 2.24) is 30.3 Å². The third-order valence-corrected chi connectivity index (χ3v) is 7.20. The van der Waals surface area contributed by atoms with Crippen LogP contribution in [-0.4, -0.2) is 53.8 Å². The summed E-state index contributed by atoms with van der Waals surface area (Å²) in [6, 6.07) is 8.33. The summed E-state index contributed by atoms with van der Waals surface area (Å²) in [6.45, 7) is 4.00. The highest BCUT2D eigenvalue weighted by atomic mass is 16.5. The number of hydrazine groups is 1. The van der Waals surface area contributed by atoms with Crippen LogP contribution < -0.4 is 5.48 Å². The molecule has 0 radical (unpaired) electrons. The van der Waals surface area contributed by atoms with Gasteiger partial charge in [0, 0.05) is 6.42 Å². The highest BCUT2D eigenvalue weighted by molar-refractivity contribution is 5.89. The van der Waals surface area contributed by atoms with Gasteiger partial charge in [0.15, 0.2) is 0 Å². The average molecular weight is 527 g/mol. The number of amides is 3. The number of hydrogen-bond acceptors (Lipinski definition) is 6. The second-order valence-electron chi connectivity index (χ2n) is 10.6. The van der Waals surface area contributed by atoms with Crippen molar-refractivity contribution in [2.75, 3.05) is 0 Å². The molecule has 0 saturated heterocycles. The first-order valence-corrected chi connectivity index (χ1v) is 13.8. The summed E-state index contributed by atoms with van der Waals surface area (Å²) in [7, 11) is 0. The molecule has 208 valence electrons. The number of aromatic nitrogens is 3. The number of nitrogens with one attached hydrogen (secondary N) is 1. The Bertz CT molecular complexity index is 992. The van der Waals surface area contributed by atoms with Gasteiger partial charge < -0.3 is 0 Å². The van der Waals surface area contributed by atoms with E-state index in [1.807, 2.05) is 44.2 Å². The third-order valence-electron chi connectivity index (χ3n) is 7.20. The summed E-state index contributed by atoms with van der Waals surface area (Å²) in [6.07, 6.45) is 11.7. The molecule has 1 aliphatic rings. The van der Waals surface area contributed by atoms with E-state index in [1.54, 1.807) is 5.48 Å². The lowest BCUT2D eigenvalue weighted by molar-refractivity contribution is -0.176. The van der Waals surface area contributed by atoms with Crippen molar-refractivity contribution in [2.45, 2.75) is 97.2 Å². The van der Waals surface area contributed by atoms with Crippen molar-refractivity contribution in [3.63, 3.8) is 0 Å². The third kappa shape index (κ3) is 8.93. The van der Waals surface area contributed by atoms with Gasteiger partial charge in [0.05, 0.1) is 6.54 Å². The van der Waals surface area contributed by atoms with Gasteiger partial charge in [-0.25, -0.2) is 25.2 Å². The standard InChI is InChI=1S/C28H42N6O4/c1-22(2)16-17-26(35)34(25(28(37)31-38)15-9-14-23-10-5-3-6-11-23)33(18-24-12-7-4-8-13-24)27(36)19-32-21-29-20-30-32/h4,7-8,12-13,20-23,25,38H,3,5-6,9-11,14-19H2,1-2H3,(H,31,37)/t25-/m0/s1. The Morgan fingerprint density at radius 1 is 1.08 bits per heavy atom. The smallest absolute Gasteiger partial charge is 0.268 e. The first-order valence-electron chi connectivity index (χ1n) is 13.8. The van der Waals surface area contributed by atoms with Crippen LogP contribution in [-0.2, 0) is 27.5 Å². The highest BCUT2D eigenvalue weighted by Crippen LogP contribution is 2.29. The van der Waals surface area contributed by atoms with Gasteiger partial charge >= 0.3 is 0 Å². The molecule has 0 spiro atoms. The molecule has 1 heterocycles. The van der Waals surface area contributed by atoms with E-state index in [0.29, 0.717) is 25.2 Å². The SMILES string of the molecule is CC(C)CCC(=O)N([C@@H](CCCC1CCCCC1)C(=O)NO)N(Cc1ccccc1)C(=O)Cn1cncn1. The maximum Gasteiger partial charge on any atom is 0.268 e. The fourth-order valence-corrected chi connectivity index (χ4v) is 5.09. The van der Waals surface area contributed by atoms with E-state index >= 15 is 0 Å². The van der Waals surface area contributed by atoms with Crippen molar-refractivity contribution in [1.29, 1.82) is 0 Å². The molecule has 0 aliphatic heterocycles. The molecule has 38 heavy (non-hydrogen) atoms. The zero-order valence-electron chi connectivity index (χ0n) is 22.7. The molecule has 0 unspecified atom stereocenters. The summed E-state index contributed by atoms with van der Waals surface area (Å²) in [5.41, 5.74) is 2.57. The molecule has 1 aromatic heterocycles. The Morgan fingerprint density at radius 3 is 2.45 bits per heavy atom. The summed E-state index contributed by atoms with van der Waals surface area (Å²) >= 11 is 0. The van der Waals surface area contributed by atoms with Crippen LogP contribution in [0, 0.1) is 11.8 Å². The first-order chi connectivity index (χ1) is 18.4. The Morgan fingerprint density at radius 2 is 1.82 bits per heavy atom. The minimum Gasteiger partial charge on any atom is -0.289 e. The van der Waals surface area contributed by atoms with E-state index in [1.165, 1.54) is 59.5 Å². The number of nitrogens with zero attached hydrogens (tertiary/aromatic N) is 5. The Balaban J connectivity index is 1.92. The lowest BCUT2D eigenvalue weighted by Crippen LogP contribution is -2.59. The van der Waals surface area contributed by atoms with Crippen LogP contribution >= 0.6 is 0 Å². The monoisotopic (exact) mass is 526 g/mol. The van der Waals surface area contributed by atoms with Crippen molar-refractivity contribution in [2.24, 2.45) is 11.8 Å². The van der Waals surface area contributed by atoms with Crippen LogP contribution in [0.2, 0.25) is 0 Å². The maximum absolute atomic E-state index is 13.7. The average Bonchev–Trinajstić information content (AvgIpc) is 3.44. The number of hydroxylamine groups is 1. The van der Waals surface area contributed by atoms with Gasteiger partial charge in [0.1, 0.15) is 25.2 Å². The minimum absolute atomic E-state index is 0.0968. The minimum atomic E-state index is -1.02. The van der Waals surface area contributed by atoms with Crippen LogP contribution in [0.25, 0.3) is 0 Å². The van der Waals surface area contributed by atoms with Crippen LogP contribution in [0.15, 0.2) is 43.0 Å². The molecule has 3 amide bonds. The molecule has 1 saturated carbocycles. The van der Waals surface area contributed by atoms with Gasteiger partial charge in [0.25, 0.3) is 11.8 Å². The molecule has 0 bridgehead atoms. The van der Waals surface area contributed by atoms with E-state index in [2.05, 4.69) is 10.1 Å². The first kappa shape index (κ1) is 29.3. The lowest BCUT2D eigenvalue weighted by Gasteiger charge is -2.40. The molecule has 1 aliphatic carbocycles. The summed E-state index contributed by atoms with van der Waals surface area (Å²) in [5, 5.41) is 16.3. The zero-order chi connectivity index (χ0) is 27.3. The molecule has 1 fully saturated rings. The molecular weight excluding hydrogens is 484 g/mol. The van der Waals surface area contributed by atoms with E-state index in [4.69, 9.17) is 0 Å². The molecule has 2 aromatic rings. The van der Waals surface area contributed by atoms with Crippen LogP contribution in [0.5, 0.6) is 0 Å². The largest absolute Gasteiger partial charge is 0.289 e. The van der Waals surface area contributed by atoms with E-state index < -0.39 is 17.9 Å². The van der Waals surface area contributed by atoms with Crippen LogP contribution in [0.4, 0.5) is 0 Å². The van der Waals surface area contributed by atoms with Gasteiger partial charge in [-0.1, -0.05) is 89.1 Å². The predicted octanol–water partition coefficient (Wildman–Crippen LogP) is 4.11. The van der Waals surface area contributed by atoms with Gasteiger partial charge in [-0.05, 0) is 30.2 Å². The van der Waals surface area contributed by atoms with E-state index in [0.717, 1.165) is 12.0 Å². The fourth-order valence-electron chi connectivity index (χ4n) is 5.09. The molecule has 2 N–H and O–H groups in total. The molecule has 1 aromatic carbocycles. The van der Waals surface area contributed by atoms with Crippen molar-refractivity contribution < 1.29 is 19.6 Å². The fraction of sp³-hybridized carbons (Fsp3) is 0.607. The molecular formula is C28H42N6O4. The van der Waals surface area contributed by atoms with Gasteiger partial charge in [-0.15, -0.1) is 0 Å². The van der Waals surface area contributed by atoms with Crippen molar-refractivity contribution >= 4 is 17.7 Å². The number of benzene rings is 1. The van der Waals surface area contributed by atoms with E-state index in [9.17, 15) is 19.6 Å². The number of carbonyl (C=O) groups is 3. The van der Waals surface area contributed by atoms with Crippen LogP contribution in [0.1, 0.15) is 83.6 Å². The van der Waals surface area contributed by atoms with Crippen LogP contribution in [0.3, 0.4) is 0 Å². The second kappa shape index (κ2) is 15.2. The van der Waals surface area contributed by atoms with Crippen molar-refractivity contribution in [3.8, 4) is 0 Å². The Hall–Kier alpha value is -3.27. The summed E-state index contributed by atoms with van der Waals surface area (Å²) < 4.78 is 1.39. The quantitative estimate of drug-likeness (QED) is 0.299. The number of hydrogen-bond donors (Lipinski definition) is 2. The maximum atomic E-state index is 13.7. The molecule has 10 heteroatoms. The second-order valence-corrected chi connectivity index (χ2v) is 10.6. The highest BCUT2D eigenvalue weighted by Gasteiger charge is 2.36. The summed E-state index contributed by atoms with van der Waals surface area (Å²) in [4.78, 5) is 44.4. The van der Waals surface area contributed by atoms with E-state index in [-0.39, 0.29) is 31.3 Å². The van der Waals surface area contributed by atoms with Crippen molar-refractivity contribution in [3.05, 3.63) is 48.5 Å². The predicted molar refractivity (Wildman–Crippen MR) is 142 cm³/mol. The van der Waals surface area contributed by atoms with Gasteiger partial charge in [0.2, 0.25) is 5.91 Å². The van der Waals surface area contributed by atoms with Gasteiger partial charge in [-0.3, -0.25) is 19.6 Å². The topological polar surface area (TPSA) is 121 Å². The van der Waals surface area contributed by atoms with Gasteiger partial charge in [-0.2, -0.15) is 5.10 Å². The summed E-state index contributed by atoms with van der Waals surface area (Å²) in [5.74, 6) is -0.544. The molecule has 1 atom stereocenters. The number of carbonyl (C=O) groups excluding carboxylic acids is 3. The Kier molecular flexibility index (Phi) is 11.7. The normalized spacial score (nSPS) is 14.7. The number of rotatable bonds is 13. The lowest BCUT2D eigenvalue weighted by atomic mass is 9.85. The molecule has 3 rings (SSSR count). The Labute approximate surface area is 225 Å². The zero-order valence-corrected chi connectivity index (χ0v) is 22.7.